The highest BCUT2D eigenvalue weighted by Gasteiger charge is 2.24. The van der Waals surface area contributed by atoms with Crippen molar-refractivity contribution in [2.75, 3.05) is 0 Å². The maximum atomic E-state index is 13.3. The molecule has 1 heterocycles. The van der Waals surface area contributed by atoms with Gasteiger partial charge in [-0.25, -0.2) is 22.5 Å². The van der Waals surface area contributed by atoms with Crippen molar-refractivity contribution in [3.63, 3.8) is 0 Å². The lowest BCUT2D eigenvalue weighted by atomic mass is 10.1. The summed E-state index contributed by atoms with van der Waals surface area (Å²) in [6.45, 7) is 0. The molecule has 2 rings (SSSR count). The van der Waals surface area contributed by atoms with Gasteiger partial charge in [-0.2, -0.15) is 0 Å². The van der Waals surface area contributed by atoms with Crippen molar-refractivity contribution in [3.8, 4) is 0 Å². The first-order valence-electron chi connectivity index (χ1n) is 4.29. The van der Waals surface area contributed by atoms with Gasteiger partial charge in [0.05, 0.1) is 5.56 Å². The maximum absolute atomic E-state index is 13.3. The quantitative estimate of drug-likeness (QED) is 0.360. The Morgan fingerprint density at radius 3 is 2.41 bits per heavy atom. The van der Waals surface area contributed by atoms with Gasteiger partial charge in [0.2, 0.25) is 5.78 Å². The average Bonchev–Trinajstić information content (AvgIpc) is 2.84. The Labute approximate surface area is 96.5 Å². The van der Waals surface area contributed by atoms with Gasteiger partial charge in [0.1, 0.15) is 0 Å². The fraction of sp³-hybridized carbons (Fsp3) is 0. The number of carbonyl (C=O) groups is 1. The van der Waals surface area contributed by atoms with Crippen molar-refractivity contribution >= 4 is 17.1 Å². The molecule has 0 atom stereocenters. The predicted molar refractivity (Wildman–Crippen MR) is 51.8 cm³/mol. The molecule has 88 valence electrons. The molecule has 0 N–H and O–H groups in total. The van der Waals surface area contributed by atoms with E-state index in [1.165, 1.54) is 11.6 Å². The van der Waals surface area contributed by atoms with E-state index >= 15 is 0 Å². The lowest BCUT2D eigenvalue weighted by molar-refractivity contribution is 0.103. The third-order valence-corrected chi connectivity index (χ3v) is 2.75. The van der Waals surface area contributed by atoms with E-state index in [4.69, 9.17) is 0 Å². The van der Waals surface area contributed by atoms with Crippen molar-refractivity contribution in [1.29, 1.82) is 0 Å². The van der Waals surface area contributed by atoms with Crippen molar-refractivity contribution in [2.45, 2.75) is 0 Å². The molecule has 0 spiro atoms. The molecular formula is C10H3F4NOS. The number of nitrogens with zero attached hydrogens (tertiary/aromatic N) is 1. The summed E-state index contributed by atoms with van der Waals surface area (Å²) in [6, 6.07) is 0.317. The van der Waals surface area contributed by atoms with Crippen LogP contribution in [0.3, 0.4) is 0 Å². The second kappa shape index (κ2) is 4.25. The molecule has 0 saturated carbocycles. The largest absolute Gasteiger partial charge is 0.286 e. The predicted octanol–water partition coefficient (Wildman–Crippen LogP) is 2.93. The number of benzene rings is 1. The molecule has 1 aromatic carbocycles. The highest BCUT2D eigenvalue weighted by Crippen LogP contribution is 2.21. The first-order chi connectivity index (χ1) is 8.02. The Bertz CT molecular complexity index is 582. The van der Waals surface area contributed by atoms with Crippen molar-refractivity contribution in [2.24, 2.45) is 0 Å². The van der Waals surface area contributed by atoms with Gasteiger partial charge < -0.3 is 0 Å². The summed E-state index contributed by atoms with van der Waals surface area (Å²) in [5.74, 6) is -8.29. The lowest BCUT2D eigenvalue weighted by Crippen LogP contribution is -2.08. The van der Waals surface area contributed by atoms with E-state index in [-0.39, 0.29) is 5.01 Å². The number of thiazole rings is 1. The van der Waals surface area contributed by atoms with E-state index in [2.05, 4.69) is 4.98 Å². The minimum Gasteiger partial charge on any atom is -0.286 e. The van der Waals surface area contributed by atoms with Gasteiger partial charge in [-0.3, -0.25) is 4.79 Å². The Hall–Kier alpha value is -1.76. The van der Waals surface area contributed by atoms with Crippen LogP contribution in [-0.4, -0.2) is 10.8 Å². The van der Waals surface area contributed by atoms with Crippen LogP contribution in [0.15, 0.2) is 17.6 Å². The van der Waals surface area contributed by atoms with Crippen molar-refractivity contribution in [1.82, 2.24) is 4.98 Å². The van der Waals surface area contributed by atoms with Crippen molar-refractivity contribution < 1.29 is 22.4 Å². The summed E-state index contributed by atoms with van der Waals surface area (Å²) in [5, 5.41) is 1.32. The highest BCUT2D eigenvalue weighted by atomic mass is 32.1. The van der Waals surface area contributed by atoms with E-state index in [0.29, 0.717) is 6.07 Å². The lowest BCUT2D eigenvalue weighted by Gasteiger charge is -2.03. The monoisotopic (exact) mass is 261 g/mol. The second-order valence-corrected chi connectivity index (χ2v) is 3.91. The molecule has 0 aliphatic carbocycles. The fourth-order valence-corrected chi connectivity index (χ4v) is 1.78. The van der Waals surface area contributed by atoms with Gasteiger partial charge in [-0.1, -0.05) is 0 Å². The van der Waals surface area contributed by atoms with E-state index in [9.17, 15) is 22.4 Å². The minimum absolute atomic E-state index is 0.130. The van der Waals surface area contributed by atoms with Crippen LogP contribution in [0.5, 0.6) is 0 Å². The number of aromatic nitrogens is 1. The highest BCUT2D eigenvalue weighted by molar-refractivity contribution is 7.11. The Balaban J connectivity index is 2.57. The fourth-order valence-electron chi connectivity index (χ4n) is 1.19. The minimum atomic E-state index is -2.01. The molecule has 1 aromatic heterocycles. The van der Waals surface area contributed by atoms with Gasteiger partial charge in [0, 0.05) is 11.6 Å². The third-order valence-electron chi connectivity index (χ3n) is 1.97. The van der Waals surface area contributed by atoms with Crippen LogP contribution in [0.1, 0.15) is 15.4 Å². The van der Waals surface area contributed by atoms with Crippen LogP contribution in [0, 0.1) is 23.3 Å². The molecular weight excluding hydrogens is 258 g/mol. The average molecular weight is 261 g/mol. The summed E-state index contributed by atoms with van der Waals surface area (Å²) in [7, 11) is 0. The molecule has 2 aromatic rings. The van der Waals surface area contributed by atoms with Gasteiger partial charge in [0.25, 0.3) is 0 Å². The topological polar surface area (TPSA) is 30.0 Å². The first-order valence-corrected chi connectivity index (χ1v) is 5.17. The number of hydrogen-bond acceptors (Lipinski definition) is 3. The molecule has 0 aliphatic heterocycles. The second-order valence-electron chi connectivity index (χ2n) is 3.01. The summed E-state index contributed by atoms with van der Waals surface area (Å²) < 4.78 is 51.7. The van der Waals surface area contributed by atoms with Crippen LogP contribution in [0.2, 0.25) is 0 Å². The number of hydrogen-bond donors (Lipinski definition) is 0. The Morgan fingerprint density at radius 1 is 1.12 bits per heavy atom. The molecule has 2 nitrogen and oxygen atoms in total. The number of rotatable bonds is 2. The van der Waals surface area contributed by atoms with Gasteiger partial charge in [0.15, 0.2) is 28.3 Å². The Kier molecular flexibility index (Phi) is 2.93. The molecule has 0 aliphatic rings. The zero-order valence-corrected chi connectivity index (χ0v) is 8.82. The van der Waals surface area contributed by atoms with E-state index in [1.807, 2.05) is 0 Å². The normalized spacial score (nSPS) is 10.6. The summed E-state index contributed by atoms with van der Waals surface area (Å²) >= 11 is 0.885. The summed E-state index contributed by atoms with van der Waals surface area (Å²) in [4.78, 5) is 15.2. The molecule has 0 radical (unpaired) electrons. The zero-order valence-electron chi connectivity index (χ0n) is 8.01. The summed E-state index contributed by atoms with van der Waals surface area (Å²) in [5.41, 5.74) is -0.878. The zero-order chi connectivity index (χ0) is 12.6. The molecule has 0 fully saturated rings. The number of carbonyl (C=O) groups excluding carboxylic acids is 1. The molecule has 7 heteroatoms. The molecule has 0 bridgehead atoms. The van der Waals surface area contributed by atoms with Crippen LogP contribution < -0.4 is 0 Å². The molecule has 0 unspecified atom stereocenters. The summed E-state index contributed by atoms with van der Waals surface area (Å²) in [6.07, 6.45) is 1.28. The van der Waals surface area contributed by atoms with Crippen LogP contribution in [-0.2, 0) is 0 Å². The van der Waals surface area contributed by atoms with Crippen LogP contribution in [0.25, 0.3) is 0 Å². The number of ketones is 1. The Morgan fingerprint density at radius 2 is 1.82 bits per heavy atom. The van der Waals surface area contributed by atoms with Gasteiger partial charge in [-0.05, 0) is 6.07 Å². The third kappa shape index (κ3) is 1.93. The van der Waals surface area contributed by atoms with E-state index in [0.717, 1.165) is 11.3 Å². The van der Waals surface area contributed by atoms with Crippen LogP contribution in [0.4, 0.5) is 17.6 Å². The van der Waals surface area contributed by atoms with Gasteiger partial charge >= 0.3 is 0 Å². The first kappa shape index (κ1) is 11.7. The SMILES string of the molecule is O=C(c1nccs1)c1cc(F)c(F)c(F)c1F. The molecule has 0 amide bonds. The smallest absolute Gasteiger partial charge is 0.224 e. The number of halogens is 4. The molecule has 17 heavy (non-hydrogen) atoms. The molecule has 0 saturated heterocycles. The van der Waals surface area contributed by atoms with E-state index < -0.39 is 34.6 Å². The van der Waals surface area contributed by atoms with E-state index in [1.54, 1.807) is 0 Å². The van der Waals surface area contributed by atoms with Crippen LogP contribution >= 0.6 is 11.3 Å². The maximum Gasteiger partial charge on any atom is 0.224 e. The van der Waals surface area contributed by atoms with Gasteiger partial charge in [-0.15, -0.1) is 11.3 Å². The standard InChI is InChI=1S/C10H3F4NOS/c11-5-3-4(6(12)8(14)7(5)13)9(16)10-15-1-2-17-10/h1-3H. The van der Waals surface area contributed by atoms with Crippen molar-refractivity contribution in [3.05, 3.63) is 51.5 Å².